The van der Waals surface area contributed by atoms with Crippen molar-refractivity contribution in [2.75, 3.05) is 0 Å². The fourth-order valence-corrected chi connectivity index (χ4v) is 1.96. The van der Waals surface area contributed by atoms with Crippen LogP contribution in [0.15, 0.2) is 42.9 Å². The van der Waals surface area contributed by atoms with Gasteiger partial charge in [0, 0.05) is 35.5 Å². The monoisotopic (exact) mass is 241 g/mol. The second-order valence-corrected chi connectivity index (χ2v) is 4.12. The molecule has 0 aliphatic rings. The van der Waals surface area contributed by atoms with Gasteiger partial charge in [-0.05, 0) is 25.1 Å². The summed E-state index contributed by atoms with van der Waals surface area (Å²) in [5.74, 6) is -0.246. The summed E-state index contributed by atoms with van der Waals surface area (Å²) >= 11 is 0. The van der Waals surface area contributed by atoms with Crippen molar-refractivity contribution in [2.45, 2.75) is 13.5 Å². The number of fused-ring (bicyclic) bond motifs is 1. The summed E-state index contributed by atoms with van der Waals surface area (Å²) in [6.07, 6.45) is 5.45. The van der Waals surface area contributed by atoms with E-state index < -0.39 is 0 Å². The van der Waals surface area contributed by atoms with Crippen molar-refractivity contribution >= 4 is 10.9 Å². The number of aryl methyl sites for hydroxylation is 1. The van der Waals surface area contributed by atoms with Crippen LogP contribution in [0.25, 0.3) is 22.0 Å². The van der Waals surface area contributed by atoms with Gasteiger partial charge in [-0.15, -0.1) is 0 Å². The van der Waals surface area contributed by atoms with E-state index in [0.717, 1.165) is 17.7 Å². The number of nitrogens with zero attached hydrogens (tertiary/aromatic N) is 3. The molecule has 4 heteroatoms. The molecular weight excluding hydrogens is 229 g/mol. The molecule has 18 heavy (non-hydrogen) atoms. The molecule has 0 saturated heterocycles. The van der Waals surface area contributed by atoms with Crippen LogP contribution in [0.5, 0.6) is 0 Å². The molecule has 0 spiro atoms. The summed E-state index contributed by atoms with van der Waals surface area (Å²) in [6, 6.07) is 6.73. The van der Waals surface area contributed by atoms with Gasteiger partial charge in [0.25, 0.3) is 0 Å². The van der Waals surface area contributed by atoms with E-state index >= 15 is 0 Å². The summed E-state index contributed by atoms with van der Waals surface area (Å²) in [5, 5.41) is 4.75. The molecule has 90 valence electrons. The summed E-state index contributed by atoms with van der Waals surface area (Å²) in [6.45, 7) is 2.84. The number of aromatic nitrogens is 3. The molecule has 0 aliphatic heterocycles. The molecule has 0 atom stereocenters. The molecule has 0 saturated carbocycles. The molecule has 0 N–H and O–H groups in total. The van der Waals surface area contributed by atoms with E-state index in [4.69, 9.17) is 0 Å². The summed E-state index contributed by atoms with van der Waals surface area (Å²) in [4.78, 5) is 4.28. The molecule has 0 bridgehead atoms. The minimum absolute atomic E-state index is 0.246. The Morgan fingerprint density at radius 2 is 2.11 bits per heavy atom. The van der Waals surface area contributed by atoms with E-state index in [2.05, 4.69) is 10.1 Å². The Balaban J connectivity index is 2.15. The lowest BCUT2D eigenvalue weighted by Gasteiger charge is -2.01. The van der Waals surface area contributed by atoms with Crippen molar-refractivity contribution in [1.29, 1.82) is 0 Å². The van der Waals surface area contributed by atoms with Crippen LogP contribution in [0.2, 0.25) is 0 Å². The zero-order valence-corrected chi connectivity index (χ0v) is 9.97. The van der Waals surface area contributed by atoms with Crippen LogP contribution in [-0.4, -0.2) is 14.8 Å². The zero-order chi connectivity index (χ0) is 12.5. The van der Waals surface area contributed by atoms with Crippen molar-refractivity contribution in [3.8, 4) is 11.1 Å². The normalized spacial score (nSPS) is 11.0. The van der Waals surface area contributed by atoms with Crippen molar-refractivity contribution in [2.24, 2.45) is 0 Å². The molecule has 3 rings (SSSR count). The van der Waals surface area contributed by atoms with E-state index in [-0.39, 0.29) is 5.82 Å². The van der Waals surface area contributed by atoms with E-state index in [9.17, 15) is 4.39 Å². The summed E-state index contributed by atoms with van der Waals surface area (Å²) in [5.41, 5.74) is 2.50. The van der Waals surface area contributed by atoms with Crippen LogP contribution in [0.1, 0.15) is 6.92 Å². The van der Waals surface area contributed by atoms with Gasteiger partial charge in [0.15, 0.2) is 0 Å². The molecule has 2 heterocycles. The zero-order valence-electron chi connectivity index (χ0n) is 9.97. The van der Waals surface area contributed by atoms with E-state index in [1.165, 1.54) is 6.07 Å². The Morgan fingerprint density at radius 1 is 1.22 bits per heavy atom. The van der Waals surface area contributed by atoms with Gasteiger partial charge in [0.05, 0.1) is 11.7 Å². The Hall–Kier alpha value is -2.23. The van der Waals surface area contributed by atoms with Gasteiger partial charge < -0.3 is 0 Å². The maximum atomic E-state index is 13.7. The Morgan fingerprint density at radius 3 is 2.89 bits per heavy atom. The lowest BCUT2D eigenvalue weighted by atomic mass is 10.1. The Labute approximate surface area is 104 Å². The quantitative estimate of drug-likeness (QED) is 0.689. The van der Waals surface area contributed by atoms with Gasteiger partial charge in [-0.25, -0.2) is 4.39 Å². The summed E-state index contributed by atoms with van der Waals surface area (Å²) < 4.78 is 15.5. The van der Waals surface area contributed by atoms with E-state index in [0.29, 0.717) is 10.9 Å². The van der Waals surface area contributed by atoms with Gasteiger partial charge in [-0.3, -0.25) is 9.67 Å². The van der Waals surface area contributed by atoms with Crippen LogP contribution in [-0.2, 0) is 6.54 Å². The van der Waals surface area contributed by atoms with E-state index in [1.54, 1.807) is 24.5 Å². The summed E-state index contributed by atoms with van der Waals surface area (Å²) in [7, 11) is 0. The topological polar surface area (TPSA) is 30.7 Å². The third kappa shape index (κ3) is 1.76. The first-order chi connectivity index (χ1) is 8.78. The van der Waals surface area contributed by atoms with Gasteiger partial charge in [-0.1, -0.05) is 6.07 Å². The van der Waals surface area contributed by atoms with Crippen molar-refractivity contribution in [3.05, 3.63) is 48.7 Å². The highest BCUT2D eigenvalue weighted by Gasteiger charge is 2.06. The SMILES string of the molecule is CCn1cc(-c2cnc3cccc(F)c3c2)cn1. The molecule has 1 aromatic carbocycles. The molecule has 0 aliphatic carbocycles. The second-order valence-electron chi connectivity index (χ2n) is 4.12. The minimum Gasteiger partial charge on any atom is -0.272 e. The highest BCUT2D eigenvalue weighted by Crippen LogP contribution is 2.23. The lowest BCUT2D eigenvalue weighted by molar-refractivity contribution is 0.639. The molecule has 3 aromatic rings. The highest BCUT2D eigenvalue weighted by atomic mass is 19.1. The number of benzene rings is 1. The third-order valence-corrected chi connectivity index (χ3v) is 2.96. The van der Waals surface area contributed by atoms with Crippen LogP contribution < -0.4 is 0 Å². The van der Waals surface area contributed by atoms with Crippen LogP contribution in [0.3, 0.4) is 0 Å². The number of halogens is 1. The molecule has 0 amide bonds. The highest BCUT2D eigenvalue weighted by molar-refractivity contribution is 5.83. The molecule has 3 nitrogen and oxygen atoms in total. The lowest BCUT2D eigenvalue weighted by Crippen LogP contribution is -1.92. The average Bonchev–Trinajstić information content (AvgIpc) is 2.88. The van der Waals surface area contributed by atoms with Gasteiger partial charge in [-0.2, -0.15) is 5.10 Å². The minimum atomic E-state index is -0.246. The fourth-order valence-electron chi connectivity index (χ4n) is 1.96. The van der Waals surface area contributed by atoms with Crippen molar-refractivity contribution in [1.82, 2.24) is 14.8 Å². The smallest absolute Gasteiger partial charge is 0.132 e. The molecule has 0 radical (unpaired) electrons. The van der Waals surface area contributed by atoms with Crippen molar-refractivity contribution < 1.29 is 4.39 Å². The second kappa shape index (κ2) is 4.22. The Kier molecular flexibility index (Phi) is 2.55. The maximum absolute atomic E-state index is 13.7. The first-order valence-corrected chi connectivity index (χ1v) is 5.85. The Bertz CT molecular complexity index is 703. The maximum Gasteiger partial charge on any atom is 0.132 e. The number of hydrogen-bond acceptors (Lipinski definition) is 2. The largest absolute Gasteiger partial charge is 0.272 e. The van der Waals surface area contributed by atoms with Gasteiger partial charge in [0.1, 0.15) is 5.82 Å². The molecule has 0 fully saturated rings. The standard InChI is InChI=1S/C14H12FN3/c1-2-18-9-11(8-17-18)10-6-12-13(15)4-3-5-14(12)16-7-10/h3-9H,2H2,1H3. The van der Waals surface area contributed by atoms with Gasteiger partial charge in [0.2, 0.25) is 0 Å². The molecular formula is C14H12FN3. The van der Waals surface area contributed by atoms with Gasteiger partial charge >= 0.3 is 0 Å². The predicted molar refractivity (Wildman–Crippen MR) is 68.6 cm³/mol. The van der Waals surface area contributed by atoms with E-state index in [1.807, 2.05) is 23.9 Å². The number of pyridine rings is 1. The fraction of sp³-hybridized carbons (Fsp3) is 0.143. The number of hydrogen-bond donors (Lipinski definition) is 0. The first-order valence-electron chi connectivity index (χ1n) is 5.85. The molecule has 0 unspecified atom stereocenters. The predicted octanol–water partition coefficient (Wildman–Crippen LogP) is 3.26. The third-order valence-electron chi connectivity index (χ3n) is 2.96. The molecule has 2 aromatic heterocycles. The number of rotatable bonds is 2. The van der Waals surface area contributed by atoms with Crippen LogP contribution >= 0.6 is 0 Å². The first kappa shape index (κ1) is 10.9. The van der Waals surface area contributed by atoms with Crippen LogP contribution in [0.4, 0.5) is 4.39 Å². The average molecular weight is 241 g/mol. The van der Waals surface area contributed by atoms with Crippen LogP contribution in [0, 0.1) is 5.82 Å². The van der Waals surface area contributed by atoms with Crippen molar-refractivity contribution in [3.63, 3.8) is 0 Å².